The Morgan fingerprint density at radius 1 is 1.17 bits per heavy atom. The smallest absolute Gasteiger partial charge is 0.255 e. The van der Waals surface area contributed by atoms with Gasteiger partial charge in [-0.25, -0.2) is 9.67 Å². The van der Waals surface area contributed by atoms with Crippen LogP contribution in [-0.4, -0.2) is 39.4 Å². The standard InChI is InChI=1S/C26H34N6O3/c1-4-14-35-21-12-6-18(7-13-21)17(3)29-26(33)23-15-27-25-22(16-28-32(25)5-2)24(23)30-19-8-10-20(31-34)11-9-19/h6-7,12-13,15-17,19-20H,4-5,8-11,14H2,1-3H3,(H,27,30)(H,29,33). The lowest BCUT2D eigenvalue weighted by Crippen LogP contribution is -2.31. The molecule has 1 saturated carbocycles. The van der Waals surface area contributed by atoms with Crippen molar-refractivity contribution >= 4 is 22.6 Å². The fourth-order valence-electron chi connectivity index (χ4n) is 4.55. The molecule has 3 aromatic rings. The van der Waals surface area contributed by atoms with Crippen molar-refractivity contribution in [3.63, 3.8) is 0 Å². The lowest BCUT2D eigenvalue weighted by molar-refractivity contribution is 0.0940. The molecule has 0 aliphatic heterocycles. The van der Waals surface area contributed by atoms with Crippen LogP contribution in [0, 0.1) is 4.91 Å². The fraction of sp³-hybridized carbons (Fsp3) is 0.500. The lowest BCUT2D eigenvalue weighted by Gasteiger charge is -2.27. The average molecular weight is 479 g/mol. The second kappa shape index (κ2) is 11.3. The number of rotatable bonds is 10. The normalized spacial score (nSPS) is 18.7. The molecule has 9 heteroatoms. The first-order valence-electron chi connectivity index (χ1n) is 12.5. The van der Waals surface area contributed by atoms with Gasteiger partial charge in [0.1, 0.15) is 5.75 Å². The Labute approximate surface area is 205 Å². The third-order valence-corrected chi connectivity index (χ3v) is 6.61. The first-order chi connectivity index (χ1) is 17.0. The van der Waals surface area contributed by atoms with Crippen molar-refractivity contribution < 1.29 is 9.53 Å². The number of benzene rings is 1. The Kier molecular flexibility index (Phi) is 7.94. The van der Waals surface area contributed by atoms with Crippen molar-refractivity contribution in [2.75, 3.05) is 11.9 Å². The number of pyridine rings is 1. The van der Waals surface area contributed by atoms with Crippen LogP contribution in [0.15, 0.2) is 41.8 Å². The van der Waals surface area contributed by atoms with Crippen LogP contribution >= 0.6 is 0 Å². The monoisotopic (exact) mass is 478 g/mol. The molecule has 2 heterocycles. The number of hydrogen-bond donors (Lipinski definition) is 2. The van der Waals surface area contributed by atoms with Crippen LogP contribution in [0.5, 0.6) is 5.75 Å². The van der Waals surface area contributed by atoms with Crippen molar-refractivity contribution in [2.45, 2.75) is 77.5 Å². The summed E-state index contributed by atoms with van der Waals surface area (Å²) in [6.45, 7) is 7.41. The van der Waals surface area contributed by atoms with Gasteiger partial charge in [-0.3, -0.25) is 4.79 Å². The predicted octanol–water partition coefficient (Wildman–Crippen LogP) is 5.22. The molecule has 0 saturated heterocycles. The number of amides is 1. The van der Waals surface area contributed by atoms with Crippen molar-refractivity contribution in [1.29, 1.82) is 0 Å². The largest absolute Gasteiger partial charge is 0.494 e. The van der Waals surface area contributed by atoms with Gasteiger partial charge in [0, 0.05) is 18.8 Å². The number of aryl methyl sites for hydroxylation is 1. The van der Waals surface area contributed by atoms with Gasteiger partial charge in [0.15, 0.2) is 5.65 Å². The molecule has 1 aliphatic carbocycles. The van der Waals surface area contributed by atoms with E-state index in [9.17, 15) is 9.70 Å². The van der Waals surface area contributed by atoms with Gasteiger partial charge in [0.2, 0.25) is 0 Å². The van der Waals surface area contributed by atoms with Crippen LogP contribution < -0.4 is 15.4 Å². The summed E-state index contributed by atoms with van der Waals surface area (Å²) < 4.78 is 7.48. The second-order valence-electron chi connectivity index (χ2n) is 9.11. The molecule has 1 aliphatic rings. The molecule has 2 aromatic heterocycles. The fourth-order valence-corrected chi connectivity index (χ4v) is 4.55. The van der Waals surface area contributed by atoms with Crippen molar-refractivity contribution in [3.05, 3.63) is 52.7 Å². The number of nitroso groups, excluding NO2 is 1. The average Bonchev–Trinajstić information content (AvgIpc) is 3.32. The summed E-state index contributed by atoms with van der Waals surface area (Å²) >= 11 is 0. The van der Waals surface area contributed by atoms with E-state index < -0.39 is 0 Å². The van der Waals surface area contributed by atoms with Gasteiger partial charge in [-0.1, -0.05) is 24.2 Å². The van der Waals surface area contributed by atoms with Crippen LogP contribution in [0.3, 0.4) is 0 Å². The predicted molar refractivity (Wildman–Crippen MR) is 137 cm³/mol. The quantitative estimate of drug-likeness (QED) is 0.387. The highest BCUT2D eigenvalue weighted by atomic mass is 16.5. The van der Waals surface area contributed by atoms with Gasteiger partial charge < -0.3 is 15.4 Å². The van der Waals surface area contributed by atoms with E-state index in [4.69, 9.17) is 4.74 Å². The van der Waals surface area contributed by atoms with Crippen molar-refractivity contribution in [1.82, 2.24) is 20.1 Å². The van der Waals surface area contributed by atoms with Gasteiger partial charge >= 0.3 is 0 Å². The molecule has 0 radical (unpaired) electrons. The number of aromatic nitrogens is 3. The molecule has 1 atom stereocenters. The van der Waals surface area contributed by atoms with Gasteiger partial charge in [0.05, 0.1) is 41.5 Å². The summed E-state index contributed by atoms with van der Waals surface area (Å²) in [5.41, 5.74) is 2.96. The molecule has 0 spiro atoms. The number of hydrogen-bond acceptors (Lipinski definition) is 7. The maximum atomic E-state index is 13.4. The van der Waals surface area contributed by atoms with E-state index in [2.05, 4.69) is 32.8 Å². The molecule has 1 aromatic carbocycles. The number of nitrogens with zero attached hydrogens (tertiary/aromatic N) is 4. The molecule has 1 amide bonds. The Bertz CT molecular complexity index is 1150. The number of carbonyl (C=O) groups is 1. The number of fused-ring (bicyclic) bond motifs is 1. The molecule has 0 bridgehead atoms. The Balaban J connectivity index is 1.55. The lowest BCUT2D eigenvalue weighted by atomic mass is 9.91. The number of anilines is 1. The Hall–Kier alpha value is -3.49. The number of nitrogens with one attached hydrogen (secondary N) is 2. The van der Waals surface area contributed by atoms with Gasteiger partial charge in [-0.2, -0.15) is 10.0 Å². The first kappa shape index (κ1) is 24.6. The maximum absolute atomic E-state index is 13.4. The van der Waals surface area contributed by atoms with Crippen molar-refractivity contribution in [3.8, 4) is 5.75 Å². The van der Waals surface area contributed by atoms with Crippen LogP contribution in [0.4, 0.5) is 5.69 Å². The van der Waals surface area contributed by atoms with E-state index in [1.54, 1.807) is 12.4 Å². The minimum Gasteiger partial charge on any atom is -0.494 e. The number of ether oxygens (including phenoxy) is 1. The first-order valence-corrected chi connectivity index (χ1v) is 12.5. The van der Waals surface area contributed by atoms with Crippen LogP contribution in [-0.2, 0) is 6.54 Å². The molecule has 2 N–H and O–H groups in total. The highest BCUT2D eigenvalue weighted by Crippen LogP contribution is 2.31. The highest BCUT2D eigenvalue weighted by molar-refractivity contribution is 6.06. The van der Waals surface area contributed by atoms with Crippen LogP contribution in [0.2, 0.25) is 0 Å². The van der Waals surface area contributed by atoms with Gasteiger partial charge in [0.25, 0.3) is 5.91 Å². The maximum Gasteiger partial charge on any atom is 0.255 e. The molecular weight excluding hydrogens is 444 g/mol. The molecule has 1 unspecified atom stereocenters. The SMILES string of the molecule is CCCOc1ccc(C(C)NC(=O)c2cnc3c(cnn3CC)c2NC2CCC(N=O)CC2)cc1. The summed E-state index contributed by atoms with van der Waals surface area (Å²) in [5.74, 6) is 0.621. The third kappa shape index (κ3) is 5.61. The summed E-state index contributed by atoms with van der Waals surface area (Å²) in [6, 6.07) is 7.65. The zero-order chi connectivity index (χ0) is 24.8. The second-order valence-corrected chi connectivity index (χ2v) is 9.11. The van der Waals surface area contributed by atoms with Crippen molar-refractivity contribution in [2.24, 2.45) is 5.18 Å². The Morgan fingerprint density at radius 3 is 2.57 bits per heavy atom. The van der Waals surface area contributed by atoms with E-state index in [1.807, 2.05) is 42.8 Å². The van der Waals surface area contributed by atoms with E-state index >= 15 is 0 Å². The van der Waals surface area contributed by atoms with Gasteiger partial charge in [-0.15, -0.1) is 0 Å². The van der Waals surface area contributed by atoms with E-state index in [1.165, 1.54) is 0 Å². The van der Waals surface area contributed by atoms with E-state index in [0.29, 0.717) is 18.7 Å². The molecule has 9 nitrogen and oxygen atoms in total. The number of carbonyl (C=O) groups excluding carboxylic acids is 1. The Morgan fingerprint density at radius 2 is 1.91 bits per heavy atom. The zero-order valence-electron chi connectivity index (χ0n) is 20.7. The van der Waals surface area contributed by atoms with E-state index in [-0.39, 0.29) is 24.0 Å². The molecule has 186 valence electrons. The summed E-state index contributed by atoms with van der Waals surface area (Å²) in [7, 11) is 0. The molecule has 35 heavy (non-hydrogen) atoms. The third-order valence-electron chi connectivity index (χ3n) is 6.61. The van der Waals surface area contributed by atoms with Gasteiger partial charge in [-0.05, 0) is 63.6 Å². The molecular formula is C26H34N6O3. The summed E-state index contributed by atoms with van der Waals surface area (Å²) in [6.07, 6.45) is 7.50. The minimum atomic E-state index is -0.201. The summed E-state index contributed by atoms with van der Waals surface area (Å²) in [4.78, 5) is 28.9. The van der Waals surface area contributed by atoms with E-state index in [0.717, 1.165) is 60.1 Å². The summed E-state index contributed by atoms with van der Waals surface area (Å²) in [5, 5.41) is 15.2. The molecule has 1 fully saturated rings. The molecule has 4 rings (SSSR count). The zero-order valence-corrected chi connectivity index (χ0v) is 20.7. The van der Waals surface area contributed by atoms with Crippen LogP contribution in [0.25, 0.3) is 11.0 Å². The topological polar surface area (TPSA) is 110 Å². The highest BCUT2D eigenvalue weighted by Gasteiger charge is 2.25. The minimum absolute atomic E-state index is 0.115. The van der Waals surface area contributed by atoms with Crippen LogP contribution in [0.1, 0.15) is 74.8 Å².